The van der Waals surface area contributed by atoms with Gasteiger partial charge in [0, 0.05) is 12.1 Å². The standard InChI is InChI=1S/C10H14N4O2/c1-6-9(15)12-8-7(5-13(2)3)4-11-14(8)10(6)16/h4,16H,5H2,1-3H3,(H,12,15). The van der Waals surface area contributed by atoms with Crippen LogP contribution in [0.2, 0.25) is 0 Å². The van der Waals surface area contributed by atoms with E-state index in [2.05, 4.69) is 10.1 Å². The van der Waals surface area contributed by atoms with E-state index in [1.165, 1.54) is 4.52 Å². The van der Waals surface area contributed by atoms with Gasteiger partial charge in [-0.25, -0.2) is 0 Å². The van der Waals surface area contributed by atoms with E-state index in [0.29, 0.717) is 12.2 Å². The zero-order chi connectivity index (χ0) is 11.9. The van der Waals surface area contributed by atoms with Crippen molar-refractivity contribution in [2.24, 2.45) is 0 Å². The maximum atomic E-state index is 11.5. The van der Waals surface area contributed by atoms with Crippen molar-refractivity contribution >= 4 is 5.65 Å². The Bertz CT molecular complexity index is 582. The number of aromatic nitrogens is 3. The molecule has 6 heteroatoms. The molecule has 0 unspecified atom stereocenters. The van der Waals surface area contributed by atoms with E-state index < -0.39 is 0 Å². The molecule has 0 aliphatic carbocycles. The molecule has 2 aromatic rings. The van der Waals surface area contributed by atoms with Gasteiger partial charge in [0.25, 0.3) is 5.56 Å². The molecule has 16 heavy (non-hydrogen) atoms. The number of H-pyrrole nitrogens is 1. The molecule has 86 valence electrons. The van der Waals surface area contributed by atoms with Crippen LogP contribution < -0.4 is 5.56 Å². The van der Waals surface area contributed by atoms with E-state index in [4.69, 9.17) is 0 Å². The Morgan fingerprint density at radius 1 is 1.56 bits per heavy atom. The van der Waals surface area contributed by atoms with Crippen molar-refractivity contribution < 1.29 is 5.11 Å². The minimum atomic E-state index is -0.287. The van der Waals surface area contributed by atoms with Crippen LogP contribution >= 0.6 is 0 Å². The number of hydrogen-bond donors (Lipinski definition) is 2. The second-order valence-electron chi connectivity index (χ2n) is 4.07. The van der Waals surface area contributed by atoms with E-state index in [9.17, 15) is 9.90 Å². The molecule has 0 aliphatic heterocycles. The lowest BCUT2D eigenvalue weighted by atomic mass is 10.3. The Morgan fingerprint density at radius 2 is 2.25 bits per heavy atom. The van der Waals surface area contributed by atoms with E-state index in [-0.39, 0.29) is 17.0 Å². The van der Waals surface area contributed by atoms with Crippen LogP contribution in [0.1, 0.15) is 11.1 Å². The largest absolute Gasteiger partial charge is 0.493 e. The molecule has 2 heterocycles. The SMILES string of the molecule is Cc1c(O)n2ncc(CN(C)C)c2[nH]c1=O. The summed E-state index contributed by atoms with van der Waals surface area (Å²) >= 11 is 0. The van der Waals surface area contributed by atoms with Gasteiger partial charge >= 0.3 is 0 Å². The fraction of sp³-hybridized carbons (Fsp3) is 0.400. The van der Waals surface area contributed by atoms with Crippen molar-refractivity contribution in [1.29, 1.82) is 0 Å². The van der Waals surface area contributed by atoms with Crippen LogP contribution in [0.3, 0.4) is 0 Å². The first kappa shape index (κ1) is 10.7. The highest BCUT2D eigenvalue weighted by molar-refractivity contribution is 5.49. The molecule has 2 N–H and O–H groups in total. The van der Waals surface area contributed by atoms with Gasteiger partial charge in [0.15, 0.2) is 0 Å². The zero-order valence-electron chi connectivity index (χ0n) is 9.48. The summed E-state index contributed by atoms with van der Waals surface area (Å²) in [6, 6.07) is 0. The molecule has 0 saturated carbocycles. The van der Waals surface area contributed by atoms with Crippen molar-refractivity contribution in [3.63, 3.8) is 0 Å². The third-order valence-corrected chi connectivity index (χ3v) is 2.44. The van der Waals surface area contributed by atoms with Crippen LogP contribution in [0.25, 0.3) is 5.65 Å². The average molecular weight is 222 g/mol. The fourth-order valence-corrected chi connectivity index (χ4v) is 1.59. The summed E-state index contributed by atoms with van der Waals surface area (Å²) in [6.07, 6.45) is 1.64. The van der Waals surface area contributed by atoms with E-state index in [1.807, 2.05) is 19.0 Å². The molecule has 0 atom stereocenters. The van der Waals surface area contributed by atoms with Crippen LogP contribution in [0.15, 0.2) is 11.0 Å². The van der Waals surface area contributed by atoms with Crippen LogP contribution in [-0.2, 0) is 6.54 Å². The Balaban J connectivity index is 2.69. The van der Waals surface area contributed by atoms with E-state index in [0.717, 1.165) is 5.56 Å². The molecule has 0 aromatic carbocycles. The quantitative estimate of drug-likeness (QED) is 0.755. The van der Waals surface area contributed by atoms with Crippen molar-refractivity contribution in [3.8, 4) is 5.88 Å². The topological polar surface area (TPSA) is 73.6 Å². The van der Waals surface area contributed by atoms with Gasteiger partial charge in [-0.05, 0) is 21.0 Å². The van der Waals surface area contributed by atoms with E-state index >= 15 is 0 Å². The smallest absolute Gasteiger partial charge is 0.257 e. The van der Waals surface area contributed by atoms with Crippen LogP contribution in [0, 0.1) is 6.92 Å². The van der Waals surface area contributed by atoms with Gasteiger partial charge in [0.2, 0.25) is 5.88 Å². The maximum Gasteiger partial charge on any atom is 0.257 e. The molecule has 0 aliphatic rings. The van der Waals surface area contributed by atoms with Gasteiger partial charge in [-0.1, -0.05) is 0 Å². The van der Waals surface area contributed by atoms with Crippen molar-refractivity contribution in [1.82, 2.24) is 19.5 Å². The van der Waals surface area contributed by atoms with Crippen molar-refractivity contribution in [3.05, 3.63) is 27.7 Å². The number of fused-ring (bicyclic) bond motifs is 1. The van der Waals surface area contributed by atoms with Crippen LogP contribution in [-0.4, -0.2) is 38.7 Å². The minimum Gasteiger partial charge on any atom is -0.493 e. The molecule has 0 fully saturated rings. The Morgan fingerprint density at radius 3 is 2.88 bits per heavy atom. The molecule has 0 saturated heterocycles. The molecule has 2 aromatic heterocycles. The Kier molecular flexibility index (Phi) is 2.43. The van der Waals surface area contributed by atoms with Gasteiger partial charge < -0.3 is 15.0 Å². The van der Waals surface area contributed by atoms with Crippen LogP contribution in [0.4, 0.5) is 0 Å². The second kappa shape index (κ2) is 3.64. The molecular formula is C10H14N4O2. The normalized spacial score (nSPS) is 11.5. The van der Waals surface area contributed by atoms with Crippen LogP contribution in [0.5, 0.6) is 5.88 Å². The molecule has 6 nitrogen and oxygen atoms in total. The summed E-state index contributed by atoms with van der Waals surface area (Å²) in [4.78, 5) is 16.2. The van der Waals surface area contributed by atoms with E-state index in [1.54, 1.807) is 13.1 Å². The lowest BCUT2D eigenvalue weighted by molar-refractivity contribution is 0.403. The summed E-state index contributed by atoms with van der Waals surface area (Å²) in [5, 5.41) is 13.8. The third-order valence-electron chi connectivity index (χ3n) is 2.44. The fourth-order valence-electron chi connectivity index (χ4n) is 1.59. The number of nitrogens with zero attached hydrogens (tertiary/aromatic N) is 3. The second-order valence-corrected chi connectivity index (χ2v) is 4.07. The number of rotatable bonds is 2. The first-order chi connectivity index (χ1) is 7.50. The highest BCUT2D eigenvalue weighted by Crippen LogP contribution is 2.16. The van der Waals surface area contributed by atoms with Gasteiger partial charge in [0.1, 0.15) is 5.65 Å². The monoisotopic (exact) mass is 222 g/mol. The Hall–Kier alpha value is -1.82. The number of hydrogen-bond acceptors (Lipinski definition) is 4. The molecule has 0 radical (unpaired) electrons. The summed E-state index contributed by atoms with van der Waals surface area (Å²) in [7, 11) is 3.85. The minimum absolute atomic E-state index is 0.108. The summed E-state index contributed by atoms with van der Waals surface area (Å²) in [5.41, 5.74) is 1.40. The highest BCUT2D eigenvalue weighted by Gasteiger charge is 2.12. The number of aromatic amines is 1. The van der Waals surface area contributed by atoms with Gasteiger partial charge in [-0.3, -0.25) is 4.79 Å². The predicted molar refractivity (Wildman–Crippen MR) is 59.6 cm³/mol. The van der Waals surface area contributed by atoms with Crippen molar-refractivity contribution in [2.75, 3.05) is 14.1 Å². The van der Waals surface area contributed by atoms with Gasteiger partial charge in [-0.15, -0.1) is 0 Å². The third kappa shape index (κ3) is 1.57. The summed E-state index contributed by atoms with van der Waals surface area (Å²) in [6.45, 7) is 2.21. The lowest BCUT2D eigenvalue weighted by Gasteiger charge is -2.07. The summed E-state index contributed by atoms with van der Waals surface area (Å²) in [5.74, 6) is -0.108. The Labute approximate surface area is 92.1 Å². The predicted octanol–water partition coefficient (Wildman–Crippen LogP) is 0.0982. The number of aromatic hydroxyl groups is 1. The van der Waals surface area contributed by atoms with Gasteiger partial charge in [-0.2, -0.15) is 9.61 Å². The molecule has 0 bridgehead atoms. The van der Waals surface area contributed by atoms with Gasteiger partial charge in [0.05, 0.1) is 11.8 Å². The number of nitrogens with one attached hydrogen (secondary N) is 1. The molecule has 0 spiro atoms. The first-order valence-electron chi connectivity index (χ1n) is 4.94. The first-order valence-corrected chi connectivity index (χ1v) is 4.94. The zero-order valence-corrected chi connectivity index (χ0v) is 9.48. The molecule has 0 amide bonds. The lowest BCUT2D eigenvalue weighted by Crippen LogP contribution is -2.15. The molecular weight excluding hydrogens is 208 g/mol. The summed E-state index contributed by atoms with van der Waals surface area (Å²) < 4.78 is 1.34. The maximum absolute atomic E-state index is 11.5. The molecule has 2 rings (SSSR count). The average Bonchev–Trinajstić information content (AvgIpc) is 2.58. The highest BCUT2D eigenvalue weighted by atomic mass is 16.3. The van der Waals surface area contributed by atoms with Crippen molar-refractivity contribution in [2.45, 2.75) is 13.5 Å².